The van der Waals surface area contributed by atoms with Crippen LogP contribution in [0.2, 0.25) is 0 Å². The first-order valence-electron chi connectivity index (χ1n) is 7.60. The van der Waals surface area contributed by atoms with Gasteiger partial charge in [-0.05, 0) is 29.7 Å². The molecule has 6 nitrogen and oxygen atoms in total. The van der Waals surface area contributed by atoms with Crippen molar-refractivity contribution in [1.82, 2.24) is 19.5 Å². The molecule has 0 atom stereocenters. The maximum atomic E-state index is 14.0. The molecule has 0 saturated carbocycles. The lowest BCUT2D eigenvalue weighted by atomic mass is 10.0. The number of hydrogen-bond donors (Lipinski definition) is 2. The number of pyridine rings is 1. The van der Waals surface area contributed by atoms with E-state index in [4.69, 9.17) is 5.73 Å². The van der Waals surface area contributed by atoms with Crippen molar-refractivity contribution < 1.29 is 4.39 Å². The van der Waals surface area contributed by atoms with Gasteiger partial charge < -0.3 is 15.3 Å². The molecule has 0 radical (unpaired) electrons. The van der Waals surface area contributed by atoms with Gasteiger partial charge in [0.15, 0.2) is 5.82 Å². The average molecular weight is 335 g/mol. The molecule has 0 amide bonds. The minimum absolute atomic E-state index is 0.179. The first-order chi connectivity index (χ1) is 12.0. The quantitative estimate of drug-likeness (QED) is 0.589. The topological polar surface area (TPSA) is 89.6 Å². The number of hydrogen-bond acceptors (Lipinski definition) is 4. The van der Waals surface area contributed by atoms with E-state index in [0.29, 0.717) is 22.3 Å². The van der Waals surface area contributed by atoms with Gasteiger partial charge in [0.1, 0.15) is 11.4 Å². The number of aryl methyl sites for hydroxylation is 1. The number of nitrogens with two attached hydrogens (primary N) is 1. The van der Waals surface area contributed by atoms with Gasteiger partial charge in [-0.25, -0.2) is 9.97 Å². The Morgan fingerprint density at radius 1 is 1.12 bits per heavy atom. The van der Waals surface area contributed by atoms with E-state index >= 15 is 0 Å². The minimum Gasteiger partial charge on any atom is -0.380 e. The number of H-pyrrole nitrogens is 1. The highest BCUT2D eigenvalue weighted by Crippen LogP contribution is 2.31. The number of nitrogen functional groups attached to an aromatic ring is 1. The van der Waals surface area contributed by atoms with Gasteiger partial charge >= 0.3 is 0 Å². The second-order valence-electron chi connectivity index (χ2n) is 5.77. The standard InChI is InChI=1S/C18H14FN5O/c1-24-7-5-12(9-24)15-14(22-16(19)17(20)23-15)11-2-3-13-10(8-11)4-6-21-18(13)25/h2-9H,1H3,(H2,20,23)(H,21,25). The highest BCUT2D eigenvalue weighted by Gasteiger charge is 2.16. The number of anilines is 1. The first kappa shape index (κ1) is 15.1. The largest absolute Gasteiger partial charge is 0.380 e. The molecule has 3 aromatic heterocycles. The van der Waals surface area contributed by atoms with Gasteiger partial charge in [-0.2, -0.15) is 4.39 Å². The third-order valence-electron chi connectivity index (χ3n) is 4.03. The van der Waals surface area contributed by atoms with Crippen LogP contribution >= 0.6 is 0 Å². The van der Waals surface area contributed by atoms with Crippen molar-refractivity contribution in [3.8, 4) is 22.5 Å². The number of nitrogens with one attached hydrogen (secondary N) is 1. The molecule has 3 heterocycles. The molecule has 0 fully saturated rings. The van der Waals surface area contributed by atoms with E-state index in [1.165, 1.54) is 0 Å². The number of fused-ring (bicyclic) bond motifs is 1. The summed E-state index contributed by atoms with van der Waals surface area (Å²) in [4.78, 5) is 22.7. The molecular formula is C18H14FN5O. The molecule has 0 aliphatic heterocycles. The van der Waals surface area contributed by atoms with Crippen molar-refractivity contribution in [1.29, 1.82) is 0 Å². The van der Waals surface area contributed by atoms with Gasteiger partial charge in [-0.1, -0.05) is 6.07 Å². The Morgan fingerprint density at radius 3 is 2.68 bits per heavy atom. The molecule has 0 aliphatic rings. The third-order valence-corrected chi connectivity index (χ3v) is 4.03. The normalized spacial score (nSPS) is 11.1. The van der Waals surface area contributed by atoms with Crippen molar-refractivity contribution in [2.24, 2.45) is 7.05 Å². The highest BCUT2D eigenvalue weighted by molar-refractivity contribution is 5.88. The van der Waals surface area contributed by atoms with Crippen molar-refractivity contribution in [3.63, 3.8) is 0 Å². The van der Waals surface area contributed by atoms with E-state index < -0.39 is 5.95 Å². The van der Waals surface area contributed by atoms with Gasteiger partial charge in [0.05, 0.1) is 0 Å². The fraction of sp³-hybridized carbons (Fsp3) is 0.0556. The maximum Gasteiger partial charge on any atom is 0.256 e. The highest BCUT2D eigenvalue weighted by atomic mass is 19.1. The van der Waals surface area contributed by atoms with Crippen LogP contribution in [0.25, 0.3) is 33.3 Å². The fourth-order valence-corrected chi connectivity index (χ4v) is 2.81. The van der Waals surface area contributed by atoms with E-state index in [9.17, 15) is 9.18 Å². The molecule has 0 bridgehead atoms. The molecule has 0 spiro atoms. The summed E-state index contributed by atoms with van der Waals surface area (Å²) in [5.74, 6) is -1.07. The molecule has 0 aliphatic carbocycles. The SMILES string of the molecule is Cn1ccc(-c2nc(N)c(F)nc2-c2ccc3c(=O)[nH]ccc3c2)c1. The van der Waals surface area contributed by atoms with Crippen molar-refractivity contribution in [2.75, 3.05) is 5.73 Å². The molecule has 3 N–H and O–H groups in total. The van der Waals surface area contributed by atoms with Crippen LogP contribution in [0, 0.1) is 5.95 Å². The number of nitrogens with zero attached hydrogens (tertiary/aromatic N) is 3. The summed E-state index contributed by atoms with van der Waals surface area (Å²) in [6.07, 6.45) is 5.29. The van der Waals surface area contributed by atoms with Crippen LogP contribution < -0.4 is 11.3 Å². The van der Waals surface area contributed by atoms with Gasteiger partial charge in [-0.15, -0.1) is 0 Å². The Morgan fingerprint density at radius 2 is 1.92 bits per heavy atom. The van der Waals surface area contributed by atoms with Crippen LogP contribution in [0.3, 0.4) is 0 Å². The summed E-state index contributed by atoms with van der Waals surface area (Å²) in [6.45, 7) is 0. The van der Waals surface area contributed by atoms with Crippen LogP contribution in [-0.2, 0) is 7.05 Å². The smallest absolute Gasteiger partial charge is 0.256 e. The predicted octanol–water partition coefficient (Wildman–Crippen LogP) is 2.71. The lowest BCUT2D eigenvalue weighted by molar-refractivity contribution is 0.585. The molecule has 4 aromatic rings. The van der Waals surface area contributed by atoms with E-state index in [1.807, 2.05) is 30.1 Å². The van der Waals surface area contributed by atoms with E-state index in [2.05, 4.69) is 15.0 Å². The molecule has 1 aromatic carbocycles. The summed E-state index contributed by atoms with van der Waals surface area (Å²) in [6, 6.07) is 8.84. The van der Waals surface area contributed by atoms with E-state index in [0.717, 1.165) is 10.9 Å². The Bertz CT molecular complexity index is 1160. The van der Waals surface area contributed by atoms with Gasteiger partial charge in [0, 0.05) is 42.2 Å². The molecule has 4 rings (SSSR count). The fourth-order valence-electron chi connectivity index (χ4n) is 2.81. The third kappa shape index (κ3) is 2.55. The van der Waals surface area contributed by atoms with Crippen LogP contribution in [0.15, 0.2) is 53.7 Å². The molecular weight excluding hydrogens is 321 g/mol. The summed E-state index contributed by atoms with van der Waals surface area (Å²) in [5.41, 5.74) is 7.74. The van der Waals surface area contributed by atoms with Gasteiger partial charge in [0.2, 0.25) is 0 Å². The minimum atomic E-state index is -0.819. The molecule has 0 saturated heterocycles. The number of aromatic amines is 1. The van der Waals surface area contributed by atoms with Crippen LogP contribution in [0.5, 0.6) is 0 Å². The second kappa shape index (κ2) is 5.55. The van der Waals surface area contributed by atoms with E-state index in [-0.39, 0.29) is 11.4 Å². The lowest BCUT2D eigenvalue weighted by Crippen LogP contribution is -2.05. The maximum absolute atomic E-state index is 14.0. The van der Waals surface area contributed by atoms with Crippen LogP contribution in [0.4, 0.5) is 10.2 Å². The zero-order chi connectivity index (χ0) is 17.6. The molecule has 7 heteroatoms. The van der Waals surface area contributed by atoms with Gasteiger partial charge in [-0.3, -0.25) is 4.79 Å². The number of halogens is 1. The van der Waals surface area contributed by atoms with Crippen molar-refractivity contribution in [2.45, 2.75) is 0 Å². The number of aromatic nitrogens is 4. The Balaban J connectivity index is 1.98. The van der Waals surface area contributed by atoms with Crippen molar-refractivity contribution >= 4 is 16.6 Å². The second-order valence-corrected chi connectivity index (χ2v) is 5.77. The lowest BCUT2D eigenvalue weighted by Gasteiger charge is -2.09. The Labute approximate surface area is 141 Å². The zero-order valence-electron chi connectivity index (χ0n) is 13.3. The summed E-state index contributed by atoms with van der Waals surface area (Å²) < 4.78 is 15.8. The molecule has 25 heavy (non-hydrogen) atoms. The van der Waals surface area contributed by atoms with Crippen LogP contribution in [0.1, 0.15) is 0 Å². The predicted molar refractivity (Wildman–Crippen MR) is 94.4 cm³/mol. The monoisotopic (exact) mass is 335 g/mol. The number of benzene rings is 1. The Hall–Kier alpha value is -3.48. The van der Waals surface area contributed by atoms with Gasteiger partial charge in [0.25, 0.3) is 11.5 Å². The Kier molecular flexibility index (Phi) is 3.35. The zero-order valence-corrected chi connectivity index (χ0v) is 13.3. The molecule has 0 unspecified atom stereocenters. The average Bonchev–Trinajstić information content (AvgIpc) is 3.03. The molecule has 124 valence electrons. The summed E-state index contributed by atoms with van der Waals surface area (Å²) in [7, 11) is 1.88. The van der Waals surface area contributed by atoms with Crippen molar-refractivity contribution in [3.05, 3.63) is 65.2 Å². The van der Waals surface area contributed by atoms with Crippen LogP contribution in [-0.4, -0.2) is 19.5 Å². The van der Waals surface area contributed by atoms with E-state index in [1.54, 1.807) is 30.5 Å². The summed E-state index contributed by atoms with van der Waals surface area (Å²) >= 11 is 0. The summed E-state index contributed by atoms with van der Waals surface area (Å²) in [5, 5.41) is 1.29. The first-order valence-corrected chi connectivity index (χ1v) is 7.60. The number of rotatable bonds is 2.